The third-order valence-electron chi connectivity index (χ3n) is 3.95. The van der Waals surface area contributed by atoms with Crippen LogP contribution < -0.4 is 0 Å². The molecule has 2 aromatic carbocycles. The highest BCUT2D eigenvalue weighted by Gasteiger charge is 2.12. The monoisotopic (exact) mass is 287 g/mol. The van der Waals surface area contributed by atoms with Gasteiger partial charge in [-0.3, -0.25) is 9.20 Å². The molecule has 2 heterocycles. The summed E-state index contributed by atoms with van der Waals surface area (Å²) in [4.78, 5) is 11.2. The Bertz CT molecular complexity index is 1010. The maximum absolute atomic E-state index is 11.2. The summed E-state index contributed by atoms with van der Waals surface area (Å²) in [5.74, 6) is 0.745. The van der Waals surface area contributed by atoms with Gasteiger partial charge < -0.3 is 0 Å². The number of aryl methyl sites for hydroxylation is 1. The number of aromatic nitrogens is 3. The molecule has 0 amide bonds. The van der Waals surface area contributed by atoms with Crippen molar-refractivity contribution in [2.75, 3.05) is 0 Å². The second-order valence-electron chi connectivity index (χ2n) is 5.31. The zero-order valence-corrected chi connectivity index (χ0v) is 12.0. The van der Waals surface area contributed by atoms with Crippen LogP contribution in [0.2, 0.25) is 0 Å². The van der Waals surface area contributed by atoms with Crippen molar-refractivity contribution in [1.29, 1.82) is 0 Å². The van der Waals surface area contributed by atoms with E-state index in [9.17, 15) is 4.79 Å². The van der Waals surface area contributed by atoms with Gasteiger partial charge in [0.2, 0.25) is 0 Å². The molecule has 0 fully saturated rings. The normalized spacial score (nSPS) is 11.1. The number of carbonyl (C=O) groups excluding carboxylic acids is 1. The van der Waals surface area contributed by atoms with Crippen LogP contribution in [0.15, 0.2) is 54.7 Å². The summed E-state index contributed by atoms with van der Waals surface area (Å²) in [5, 5.41) is 10.8. The van der Waals surface area contributed by atoms with Crippen molar-refractivity contribution in [1.82, 2.24) is 14.6 Å². The smallest absolute Gasteiger partial charge is 0.168 e. The lowest BCUT2D eigenvalue weighted by Crippen LogP contribution is -1.95. The van der Waals surface area contributed by atoms with Crippen LogP contribution in [0, 0.1) is 6.92 Å². The first-order chi connectivity index (χ1) is 10.8. The first-order valence-corrected chi connectivity index (χ1v) is 7.06. The van der Waals surface area contributed by atoms with E-state index in [0.717, 1.165) is 39.7 Å². The third-order valence-corrected chi connectivity index (χ3v) is 3.95. The molecule has 0 aliphatic rings. The third kappa shape index (κ3) is 1.81. The average Bonchev–Trinajstić information content (AvgIpc) is 2.96. The molecule has 0 atom stereocenters. The number of nitrogens with zero attached hydrogens (tertiary/aromatic N) is 3. The molecule has 22 heavy (non-hydrogen) atoms. The van der Waals surface area contributed by atoms with E-state index in [-0.39, 0.29) is 0 Å². The van der Waals surface area contributed by atoms with Crippen LogP contribution in [0.4, 0.5) is 0 Å². The summed E-state index contributed by atoms with van der Waals surface area (Å²) in [7, 11) is 0. The molecule has 0 bridgehead atoms. The molecule has 106 valence electrons. The summed E-state index contributed by atoms with van der Waals surface area (Å²) >= 11 is 0. The number of fused-ring (bicyclic) bond motifs is 2. The van der Waals surface area contributed by atoms with E-state index < -0.39 is 0 Å². The van der Waals surface area contributed by atoms with Crippen molar-refractivity contribution in [3.63, 3.8) is 0 Å². The predicted molar refractivity (Wildman–Crippen MR) is 86.1 cm³/mol. The van der Waals surface area contributed by atoms with Gasteiger partial charge in [0.1, 0.15) is 0 Å². The molecular weight excluding hydrogens is 274 g/mol. The van der Waals surface area contributed by atoms with Crippen molar-refractivity contribution >= 4 is 22.7 Å². The van der Waals surface area contributed by atoms with E-state index in [2.05, 4.69) is 28.4 Å². The minimum atomic E-state index is 0.647. The standard InChI is InChI=1S/C18H13N3O/c1-12-9-17-19-20-18(21(17)10-14(12)11-22)16-8-4-6-13-5-2-3-7-15(13)16/h2-11H,1H3. The van der Waals surface area contributed by atoms with Crippen molar-refractivity contribution < 1.29 is 4.79 Å². The van der Waals surface area contributed by atoms with Gasteiger partial charge in [-0.1, -0.05) is 42.5 Å². The molecule has 0 saturated heterocycles. The summed E-state index contributed by atoms with van der Waals surface area (Å²) < 4.78 is 1.87. The molecule has 0 saturated carbocycles. The number of hydrogen-bond acceptors (Lipinski definition) is 3. The number of carbonyl (C=O) groups is 1. The fraction of sp³-hybridized carbons (Fsp3) is 0.0556. The molecule has 4 nitrogen and oxygen atoms in total. The number of benzene rings is 2. The van der Waals surface area contributed by atoms with Crippen molar-refractivity contribution in [2.24, 2.45) is 0 Å². The fourth-order valence-corrected chi connectivity index (χ4v) is 2.77. The number of aldehydes is 1. The highest BCUT2D eigenvalue weighted by Crippen LogP contribution is 2.28. The Kier molecular flexibility index (Phi) is 2.76. The van der Waals surface area contributed by atoms with Gasteiger partial charge in [0.15, 0.2) is 17.8 Å². The summed E-state index contributed by atoms with van der Waals surface area (Å²) in [5.41, 5.74) is 3.30. The second-order valence-corrected chi connectivity index (χ2v) is 5.31. The van der Waals surface area contributed by atoms with Crippen LogP contribution in [0.25, 0.3) is 27.8 Å². The fourth-order valence-electron chi connectivity index (χ4n) is 2.77. The number of hydrogen-bond donors (Lipinski definition) is 0. The number of pyridine rings is 1. The van der Waals surface area contributed by atoms with Crippen LogP contribution in [0.1, 0.15) is 15.9 Å². The maximum Gasteiger partial charge on any atom is 0.168 e. The van der Waals surface area contributed by atoms with Crippen molar-refractivity contribution in [3.05, 3.63) is 65.9 Å². The van der Waals surface area contributed by atoms with Crippen molar-refractivity contribution in [3.8, 4) is 11.4 Å². The summed E-state index contributed by atoms with van der Waals surface area (Å²) in [6.07, 6.45) is 2.66. The van der Waals surface area contributed by atoms with Gasteiger partial charge in [0, 0.05) is 17.3 Å². The molecular formula is C18H13N3O. The molecule has 4 heteroatoms. The first kappa shape index (κ1) is 12.7. The van der Waals surface area contributed by atoms with E-state index in [1.54, 1.807) is 6.20 Å². The average molecular weight is 287 g/mol. The Morgan fingerprint density at radius 1 is 1.05 bits per heavy atom. The molecule has 0 aliphatic carbocycles. The molecule has 0 aliphatic heterocycles. The lowest BCUT2D eigenvalue weighted by molar-refractivity contribution is 0.112. The van der Waals surface area contributed by atoms with Gasteiger partial charge in [0.05, 0.1) is 0 Å². The zero-order valence-electron chi connectivity index (χ0n) is 12.0. The maximum atomic E-state index is 11.2. The minimum absolute atomic E-state index is 0.647. The van der Waals surface area contributed by atoms with Gasteiger partial charge in [-0.05, 0) is 29.3 Å². The minimum Gasteiger partial charge on any atom is -0.298 e. The molecule has 0 radical (unpaired) electrons. The van der Waals surface area contributed by atoms with Crippen molar-refractivity contribution in [2.45, 2.75) is 6.92 Å². The lowest BCUT2D eigenvalue weighted by Gasteiger charge is -2.06. The topological polar surface area (TPSA) is 47.3 Å². The highest BCUT2D eigenvalue weighted by molar-refractivity contribution is 5.95. The van der Waals surface area contributed by atoms with Crippen LogP contribution in [-0.2, 0) is 0 Å². The number of rotatable bonds is 2. The Balaban J connectivity index is 2.06. The summed E-state index contributed by atoms with van der Waals surface area (Å²) in [6.45, 7) is 1.90. The van der Waals surface area contributed by atoms with Crippen LogP contribution in [0.5, 0.6) is 0 Å². The summed E-state index contributed by atoms with van der Waals surface area (Å²) in [6, 6.07) is 16.2. The quantitative estimate of drug-likeness (QED) is 0.528. The molecule has 0 unspecified atom stereocenters. The second kappa shape index (κ2) is 4.77. The zero-order chi connectivity index (χ0) is 15.1. The first-order valence-electron chi connectivity index (χ1n) is 7.06. The van der Waals surface area contributed by atoms with Gasteiger partial charge >= 0.3 is 0 Å². The molecule has 4 rings (SSSR count). The van der Waals surface area contributed by atoms with E-state index in [1.165, 1.54) is 0 Å². The lowest BCUT2D eigenvalue weighted by atomic mass is 10.0. The predicted octanol–water partition coefficient (Wildman–Crippen LogP) is 3.67. The molecule has 0 spiro atoms. The van der Waals surface area contributed by atoms with E-state index >= 15 is 0 Å². The highest BCUT2D eigenvalue weighted by atomic mass is 16.1. The van der Waals surface area contributed by atoms with E-state index in [4.69, 9.17) is 0 Å². The van der Waals surface area contributed by atoms with Crippen LogP contribution >= 0.6 is 0 Å². The SMILES string of the molecule is Cc1cc2nnc(-c3cccc4ccccc34)n2cc1C=O. The Labute approximate surface area is 127 Å². The van der Waals surface area contributed by atoms with Gasteiger partial charge in [-0.25, -0.2) is 0 Å². The van der Waals surface area contributed by atoms with Crippen LogP contribution in [0.3, 0.4) is 0 Å². The molecule has 4 aromatic rings. The van der Waals surface area contributed by atoms with Gasteiger partial charge in [-0.2, -0.15) is 0 Å². The largest absolute Gasteiger partial charge is 0.298 e. The van der Waals surface area contributed by atoms with E-state index in [0.29, 0.717) is 5.56 Å². The van der Waals surface area contributed by atoms with E-state index in [1.807, 2.05) is 41.7 Å². The Morgan fingerprint density at radius 3 is 2.73 bits per heavy atom. The Hall–Kier alpha value is -3.01. The van der Waals surface area contributed by atoms with Gasteiger partial charge in [-0.15, -0.1) is 10.2 Å². The van der Waals surface area contributed by atoms with Gasteiger partial charge in [0.25, 0.3) is 0 Å². The van der Waals surface area contributed by atoms with Crippen LogP contribution in [-0.4, -0.2) is 20.9 Å². The Morgan fingerprint density at radius 2 is 1.86 bits per heavy atom. The molecule has 0 N–H and O–H groups in total. The molecule has 2 aromatic heterocycles.